The third-order valence-corrected chi connectivity index (χ3v) is 3.49. The highest BCUT2D eigenvalue weighted by molar-refractivity contribution is 5.88. The lowest BCUT2D eigenvalue weighted by atomic mass is 10.1. The zero-order valence-electron chi connectivity index (χ0n) is 11.6. The van der Waals surface area contributed by atoms with Gasteiger partial charge < -0.3 is 24.4 Å². The van der Waals surface area contributed by atoms with E-state index < -0.39 is 12.1 Å². The molecule has 0 radical (unpaired) electrons. The maximum Gasteiger partial charge on any atom is 0.407 e. The first-order chi connectivity index (χ1) is 10.2. The van der Waals surface area contributed by atoms with Crippen molar-refractivity contribution in [3.8, 4) is 11.5 Å². The normalized spacial score (nSPS) is 21.3. The molecule has 2 amide bonds. The molecule has 0 saturated carbocycles. The lowest BCUT2D eigenvalue weighted by Gasteiger charge is -2.39. The number of likely N-dealkylation sites (tertiary alicyclic amines) is 1. The predicted molar refractivity (Wildman–Crippen MR) is 72.3 cm³/mol. The Hall–Kier alpha value is -2.44. The first-order valence-corrected chi connectivity index (χ1v) is 6.69. The Kier molecular flexibility index (Phi) is 3.55. The molecule has 7 nitrogen and oxygen atoms in total. The van der Waals surface area contributed by atoms with Crippen molar-refractivity contribution in [3.05, 3.63) is 24.3 Å². The second kappa shape index (κ2) is 5.51. The summed E-state index contributed by atoms with van der Waals surface area (Å²) < 4.78 is 15.7. The number of carbonyl (C=O) groups excluding carboxylic acids is 2. The van der Waals surface area contributed by atoms with Crippen LogP contribution in [0.15, 0.2) is 24.3 Å². The fraction of sp³-hybridized carbons (Fsp3) is 0.429. The molecule has 1 aromatic rings. The van der Waals surface area contributed by atoms with Crippen molar-refractivity contribution in [2.24, 2.45) is 0 Å². The molecule has 1 aromatic carbocycles. The van der Waals surface area contributed by atoms with Crippen LogP contribution in [-0.4, -0.2) is 55.9 Å². The van der Waals surface area contributed by atoms with Gasteiger partial charge in [-0.25, -0.2) is 4.79 Å². The molecule has 2 aliphatic heterocycles. The first-order valence-electron chi connectivity index (χ1n) is 6.69. The molecule has 2 saturated heterocycles. The van der Waals surface area contributed by atoms with Crippen molar-refractivity contribution in [2.75, 3.05) is 26.8 Å². The highest BCUT2D eigenvalue weighted by atomic mass is 16.6. The average Bonchev–Trinajstić information content (AvgIpc) is 2.89. The highest BCUT2D eigenvalue weighted by Crippen LogP contribution is 2.28. The van der Waals surface area contributed by atoms with E-state index in [2.05, 4.69) is 5.32 Å². The van der Waals surface area contributed by atoms with Crippen LogP contribution in [0.25, 0.3) is 0 Å². The Morgan fingerprint density at radius 1 is 1.33 bits per heavy atom. The molecule has 112 valence electrons. The van der Waals surface area contributed by atoms with Gasteiger partial charge in [-0.1, -0.05) is 12.1 Å². The number of benzene rings is 1. The number of ether oxygens (including phenoxy) is 3. The molecule has 1 atom stereocenters. The van der Waals surface area contributed by atoms with E-state index in [0.717, 1.165) is 0 Å². The van der Waals surface area contributed by atoms with Crippen LogP contribution >= 0.6 is 0 Å². The van der Waals surface area contributed by atoms with Crippen LogP contribution in [0.3, 0.4) is 0 Å². The van der Waals surface area contributed by atoms with E-state index in [9.17, 15) is 9.59 Å². The van der Waals surface area contributed by atoms with Gasteiger partial charge in [0, 0.05) is 0 Å². The van der Waals surface area contributed by atoms with Gasteiger partial charge in [-0.2, -0.15) is 0 Å². The summed E-state index contributed by atoms with van der Waals surface area (Å²) in [6.45, 7) is 1.07. The van der Waals surface area contributed by atoms with Crippen LogP contribution < -0.4 is 14.8 Å². The lowest BCUT2D eigenvalue weighted by molar-refractivity contribution is -0.142. The molecule has 2 fully saturated rings. The van der Waals surface area contributed by atoms with E-state index in [4.69, 9.17) is 14.2 Å². The summed E-state index contributed by atoms with van der Waals surface area (Å²) in [5.41, 5.74) is 0. The Morgan fingerprint density at radius 2 is 2.05 bits per heavy atom. The molecule has 0 spiro atoms. The molecule has 21 heavy (non-hydrogen) atoms. The number of methoxy groups -OCH3 is 1. The van der Waals surface area contributed by atoms with Crippen LogP contribution in [-0.2, 0) is 9.53 Å². The molecular weight excluding hydrogens is 276 g/mol. The molecular formula is C14H16N2O5. The number of nitrogens with zero attached hydrogens (tertiary/aromatic N) is 1. The summed E-state index contributed by atoms with van der Waals surface area (Å²) in [6.07, 6.45) is -0.612. The number of rotatable bonds is 4. The molecule has 2 aliphatic rings. The monoisotopic (exact) mass is 292 g/mol. The van der Waals surface area contributed by atoms with Crippen molar-refractivity contribution in [2.45, 2.75) is 12.1 Å². The topological polar surface area (TPSA) is 77.1 Å². The van der Waals surface area contributed by atoms with Gasteiger partial charge >= 0.3 is 6.09 Å². The van der Waals surface area contributed by atoms with Crippen LogP contribution in [0, 0.1) is 0 Å². The maximum absolute atomic E-state index is 12.0. The third kappa shape index (κ3) is 2.72. The molecule has 0 unspecified atom stereocenters. The van der Waals surface area contributed by atoms with E-state index >= 15 is 0 Å². The highest BCUT2D eigenvalue weighted by Gasteiger charge is 2.39. The molecule has 2 heterocycles. The summed E-state index contributed by atoms with van der Waals surface area (Å²) in [4.78, 5) is 24.6. The summed E-state index contributed by atoms with van der Waals surface area (Å²) >= 11 is 0. The van der Waals surface area contributed by atoms with Gasteiger partial charge in [0.25, 0.3) is 0 Å². The SMILES string of the molecule is COc1ccccc1OC1CN(C(=O)[C@@H]2COC(=O)N2)C1. The van der Waals surface area contributed by atoms with Gasteiger partial charge in [0.05, 0.1) is 20.2 Å². The largest absolute Gasteiger partial charge is 0.493 e. The van der Waals surface area contributed by atoms with Crippen LogP contribution in [0.5, 0.6) is 11.5 Å². The van der Waals surface area contributed by atoms with Crippen LogP contribution in [0.2, 0.25) is 0 Å². The van der Waals surface area contributed by atoms with Crippen molar-refractivity contribution in [1.29, 1.82) is 0 Å². The first kappa shape index (κ1) is 13.5. The standard InChI is InChI=1S/C14H16N2O5/c1-19-11-4-2-3-5-12(11)21-9-6-16(7-9)13(17)10-8-20-14(18)15-10/h2-5,9-10H,6-8H2,1H3,(H,15,18)/t10-/m0/s1. The average molecular weight is 292 g/mol. The fourth-order valence-electron chi connectivity index (χ4n) is 2.33. The predicted octanol–water partition coefficient (Wildman–Crippen LogP) is 0.393. The second-order valence-corrected chi connectivity index (χ2v) is 4.93. The number of hydrogen-bond acceptors (Lipinski definition) is 5. The third-order valence-electron chi connectivity index (χ3n) is 3.49. The number of carbonyl (C=O) groups is 2. The van der Waals surface area contributed by atoms with Crippen molar-refractivity contribution >= 4 is 12.0 Å². The van der Waals surface area contributed by atoms with Gasteiger partial charge in [0.1, 0.15) is 18.8 Å². The van der Waals surface area contributed by atoms with Crippen molar-refractivity contribution in [1.82, 2.24) is 10.2 Å². The molecule has 0 bridgehead atoms. The van der Waals surface area contributed by atoms with E-state index in [1.165, 1.54) is 0 Å². The van der Waals surface area contributed by atoms with Gasteiger partial charge in [-0.3, -0.25) is 4.79 Å². The van der Waals surface area contributed by atoms with E-state index in [0.29, 0.717) is 24.6 Å². The Labute approximate surface area is 121 Å². The molecule has 0 aliphatic carbocycles. The number of para-hydroxylation sites is 2. The number of hydrogen-bond donors (Lipinski definition) is 1. The molecule has 7 heteroatoms. The van der Waals surface area contributed by atoms with Gasteiger partial charge in [-0.15, -0.1) is 0 Å². The summed E-state index contributed by atoms with van der Waals surface area (Å²) in [5, 5.41) is 2.47. The minimum absolute atomic E-state index is 0.0664. The number of cyclic esters (lactones) is 1. The molecule has 3 rings (SSSR count). The second-order valence-electron chi connectivity index (χ2n) is 4.93. The van der Waals surface area contributed by atoms with E-state index in [1.54, 1.807) is 12.0 Å². The maximum atomic E-state index is 12.0. The van der Waals surface area contributed by atoms with Crippen molar-refractivity contribution in [3.63, 3.8) is 0 Å². The molecule has 0 aromatic heterocycles. The summed E-state index contributed by atoms with van der Waals surface area (Å²) in [5.74, 6) is 1.19. The lowest BCUT2D eigenvalue weighted by Crippen LogP contribution is -2.60. The summed E-state index contributed by atoms with van der Waals surface area (Å²) in [7, 11) is 1.58. The number of nitrogens with one attached hydrogen (secondary N) is 1. The van der Waals surface area contributed by atoms with Crippen LogP contribution in [0.4, 0.5) is 4.79 Å². The minimum atomic E-state index is -0.579. The smallest absolute Gasteiger partial charge is 0.407 e. The van der Waals surface area contributed by atoms with E-state index in [-0.39, 0.29) is 18.6 Å². The number of amides is 2. The zero-order chi connectivity index (χ0) is 14.8. The van der Waals surface area contributed by atoms with Crippen LogP contribution in [0.1, 0.15) is 0 Å². The quantitative estimate of drug-likeness (QED) is 0.869. The fourth-order valence-corrected chi connectivity index (χ4v) is 2.33. The van der Waals surface area contributed by atoms with Gasteiger partial charge in [-0.05, 0) is 12.1 Å². The Bertz CT molecular complexity index is 556. The summed E-state index contributed by atoms with van der Waals surface area (Å²) in [6, 6.07) is 6.80. The Balaban J connectivity index is 1.52. The van der Waals surface area contributed by atoms with Crippen molar-refractivity contribution < 1.29 is 23.8 Å². The van der Waals surface area contributed by atoms with E-state index in [1.807, 2.05) is 24.3 Å². The van der Waals surface area contributed by atoms with Gasteiger partial charge in [0.15, 0.2) is 11.5 Å². The molecule has 1 N–H and O–H groups in total. The minimum Gasteiger partial charge on any atom is -0.493 e. The number of alkyl carbamates (subject to hydrolysis) is 1. The van der Waals surface area contributed by atoms with Gasteiger partial charge in [0.2, 0.25) is 5.91 Å². The Morgan fingerprint density at radius 3 is 2.67 bits per heavy atom. The zero-order valence-corrected chi connectivity index (χ0v) is 11.6.